The molecule has 0 spiro atoms. The van der Waals surface area contributed by atoms with Gasteiger partial charge in [-0.3, -0.25) is 4.79 Å². The topological polar surface area (TPSA) is 33.5 Å². The molecule has 3 aromatic rings. The first-order valence-corrected chi connectivity index (χ1v) is 8.70. The number of para-hydroxylation sites is 1. The molecule has 23 heavy (non-hydrogen) atoms. The highest BCUT2D eigenvalue weighted by molar-refractivity contribution is 7.99. The molecule has 0 aliphatic carbocycles. The van der Waals surface area contributed by atoms with Gasteiger partial charge in [-0.05, 0) is 30.7 Å². The van der Waals surface area contributed by atoms with Gasteiger partial charge >= 0.3 is 0 Å². The summed E-state index contributed by atoms with van der Waals surface area (Å²) in [5.74, 6) is 1.06. The average molecular weight is 323 g/mol. The van der Waals surface area contributed by atoms with E-state index >= 15 is 0 Å². The molecule has 4 rings (SSSR count). The van der Waals surface area contributed by atoms with Gasteiger partial charge in [-0.2, -0.15) is 0 Å². The van der Waals surface area contributed by atoms with Crippen LogP contribution in [0.3, 0.4) is 0 Å². The molecule has 1 aliphatic heterocycles. The number of hydrogen-bond donors (Lipinski definition) is 0. The number of hydrogen-bond acceptors (Lipinski definition) is 3. The van der Waals surface area contributed by atoms with E-state index in [-0.39, 0.29) is 5.91 Å². The number of amides is 1. The van der Waals surface area contributed by atoms with E-state index in [0.29, 0.717) is 6.42 Å². The van der Waals surface area contributed by atoms with Gasteiger partial charge in [0.25, 0.3) is 0 Å². The summed E-state index contributed by atoms with van der Waals surface area (Å²) in [5, 5.41) is 1.03. The molecule has 2 aromatic carbocycles. The van der Waals surface area contributed by atoms with Crippen LogP contribution in [-0.4, -0.2) is 18.2 Å². The molecule has 0 saturated heterocycles. The lowest BCUT2D eigenvalue weighted by Crippen LogP contribution is -2.36. The van der Waals surface area contributed by atoms with Crippen LogP contribution in [0.2, 0.25) is 0 Å². The monoisotopic (exact) mass is 323 g/mol. The first-order valence-electron chi connectivity index (χ1n) is 7.71. The zero-order valence-corrected chi connectivity index (χ0v) is 13.7. The summed E-state index contributed by atoms with van der Waals surface area (Å²) >= 11 is 1.81. The SMILES string of the molecule is Cc1ccc2c(CC(=O)N3CCSc4ccccc43)coc2c1. The third kappa shape index (κ3) is 2.63. The van der Waals surface area contributed by atoms with E-state index in [4.69, 9.17) is 4.42 Å². The molecule has 0 atom stereocenters. The fourth-order valence-electron chi connectivity index (χ4n) is 3.01. The van der Waals surface area contributed by atoms with Crippen molar-refractivity contribution in [2.75, 3.05) is 17.2 Å². The van der Waals surface area contributed by atoms with Crippen LogP contribution < -0.4 is 4.90 Å². The zero-order chi connectivity index (χ0) is 15.8. The summed E-state index contributed by atoms with van der Waals surface area (Å²) in [5.41, 5.74) is 3.99. The number of benzene rings is 2. The van der Waals surface area contributed by atoms with Crippen LogP contribution in [0.1, 0.15) is 11.1 Å². The van der Waals surface area contributed by atoms with Gasteiger partial charge in [0.2, 0.25) is 5.91 Å². The van der Waals surface area contributed by atoms with Gasteiger partial charge < -0.3 is 9.32 Å². The fraction of sp³-hybridized carbons (Fsp3) is 0.211. The molecule has 0 unspecified atom stereocenters. The molecule has 1 amide bonds. The Labute approximate surface area is 139 Å². The summed E-state index contributed by atoms with van der Waals surface area (Å²) in [6, 6.07) is 14.2. The van der Waals surface area contributed by atoms with Gasteiger partial charge in [-0.25, -0.2) is 0 Å². The number of anilines is 1. The van der Waals surface area contributed by atoms with Crippen molar-refractivity contribution in [3.8, 4) is 0 Å². The van der Waals surface area contributed by atoms with Crippen molar-refractivity contribution in [1.29, 1.82) is 0 Å². The smallest absolute Gasteiger partial charge is 0.231 e. The van der Waals surface area contributed by atoms with E-state index in [1.165, 1.54) is 4.90 Å². The minimum Gasteiger partial charge on any atom is -0.464 e. The maximum atomic E-state index is 12.8. The Morgan fingerprint density at radius 2 is 2.13 bits per heavy atom. The van der Waals surface area contributed by atoms with Crippen molar-refractivity contribution in [2.45, 2.75) is 18.2 Å². The predicted molar refractivity (Wildman–Crippen MR) is 94.2 cm³/mol. The number of nitrogens with zero attached hydrogens (tertiary/aromatic N) is 1. The molecule has 116 valence electrons. The molecule has 0 fully saturated rings. The summed E-state index contributed by atoms with van der Waals surface area (Å²) in [7, 11) is 0. The highest BCUT2D eigenvalue weighted by Crippen LogP contribution is 2.35. The summed E-state index contributed by atoms with van der Waals surface area (Å²) in [6.07, 6.45) is 2.08. The Morgan fingerprint density at radius 3 is 3.04 bits per heavy atom. The van der Waals surface area contributed by atoms with E-state index in [0.717, 1.165) is 40.1 Å². The van der Waals surface area contributed by atoms with Crippen molar-refractivity contribution in [2.24, 2.45) is 0 Å². The van der Waals surface area contributed by atoms with E-state index in [9.17, 15) is 4.79 Å². The first-order chi connectivity index (χ1) is 11.2. The maximum absolute atomic E-state index is 12.8. The van der Waals surface area contributed by atoms with Crippen LogP contribution in [0, 0.1) is 6.92 Å². The molecule has 2 heterocycles. The predicted octanol–water partition coefficient (Wildman–Crippen LogP) is 4.42. The van der Waals surface area contributed by atoms with Crippen molar-refractivity contribution in [3.05, 3.63) is 59.9 Å². The number of aryl methyl sites for hydroxylation is 1. The van der Waals surface area contributed by atoms with Crippen molar-refractivity contribution < 1.29 is 9.21 Å². The van der Waals surface area contributed by atoms with Crippen molar-refractivity contribution in [3.63, 3.8) is 0 Å². The van der Waals surface area contributed by atoms with E-state index in [1.54, 1.807) is 6.26 Å². The second-order valence-corrected chi connectivity index (χ2v) is 6.94. The largest absolute Gasteiger partial charge is 0.464 e. The molecule has 0 bridgehead atoms. The second kappa shape index (κ2) is 5.78. The third-order valence-corrected chi connectivity index (χ3v) is 5.23. The lowest BCUT2D eigenvalue weighted by atomic mass is 10.1. The normalized spacial score (nSPS) is 14.0. The lowest BCUT2D eigenvalue weighted by Gasteiger charge is -2.28. The van der Waals surface area contributed by atoms with Crippen LogP contribution >= 0.6 is 11.8 Å². The number of carbonyl (C=O) groups is 1. The summed E-state index contributed by atoms with van der Waals surface area (Å²) in [6.45, 7) is 2.80. The quantitative estimate of drug-likeness (QED) is 0.700. The van der Waals surface area contributed by atoms with Crippen LogP contribution in [-0.2, 0) is 11.2 Å². The van der Waals surface area contributed by atoms with E-state index < -0.39 is 0 Å². The van der Waals surface area contributed by atoms with E-state index in [2.05, 4.69) is 12.1 Å². The van der Waals surface area contributed by atoms with E-state index in [1.807, 2.05) is 53.9 Å². The minimum absolute atomic E-state index is 0.126. The molecule has 0 radical (unpaired) electrons. The zero-order valence-electron chi connectivity index (χ0n) is 12.9. The van der Waals surface area contributed by atoms with Gasteiger partial charge in [0.05, 0.1) is 18.4 Å². The van der Waals surface area contributed by atoms with Crippen molar-refractivity contribution in [1.82, 2.24) is 0 Å². The number of fused-ring (bicyclic) bond motifs is 2. The van der Waals surface area contributed by atoms with Crippen LogP contribution in [0.25, 0.3) is 11.0 Å². The molecular formula is C19H17NO2S. The molecule has 3 nitrogen and oxygen atoms in total. The summed E-state index contributed by atoms with van der Waals surface area (Å²) < 4.78 is 5.61. The molecule has 1 aromatic heterocycles. The van der Waals surface area contributed by atoms with Gasteiger partial charge in [-0.15, -0.1) is 11.8 Å². The number of carbonyl (C=O) groups excluding carboxylic acids is 1. The standard InChI is InChI=1S/C19H17NO2S/c1-13-6-7-15-14(12-22-17(15)10-13)11-19(21)20-8-9-23-18-5-3-2-4-16(18)20/h2-7,10,12H,8-9,11H2,1H3. The highest BCUT2D eigenvalue weighted by Gasteiger charge is 2.23. The fourth-order valence-corrected chi connectivity index (χ4v) is 4.01. The van der Waals surface area contributed by atoms with Gasteiger partial charge in [-0.1, -0.05) is 24.3 Å². The average Bonchev–Trinajstić information content (AvgIpc) is 2.96. The van der Waals surface area contributed by atoms with Crippen LogP contribution in [0.4, 0.5) is 5.69 Å². The third-order valence-electron chi connectivity index (χ3n) is 4.18. The highest BCUT2D eigenvalue weighted by atomic mass is 32.2. The Morgan fingerprint density at radius 1 is 1.26 bits per heavy atom. The van der Waals surface area contributed by atoms with Crippen LogP contribution in [0.5, 0.6) is 0 Å². The van der Waals surface area contributed by atoms with Crippen molar-refractivity contribution >= 4 is 34.3 Å². The Balaban J connectivity index is 1.63. The lowest BCUT2D eigenvalue weighted by molar-refractivity contribution is -0.118. The molecule has 0 N–H and O–H groups in total. The molecule has 1 aliphatic rings. The van der Waals surface area contributed by atoms with Gasteiger partial charge in [0, 0.05) is 28.1 Å². The molecular weight excluding hydrogens is 306 g/mol. The summed E-state index contributed by atoms with van der Waals surface area (Å²) in [4.78, 5) is 15.9. The molecule has 0 saturated carbocycles. The Bertz CT molecular complexity index is 884. The molecule has 4 heteroatoms. The number of furan rings is 1. The minimum atomic E-state index is 0.126. The maximum Gasteiger partial charge on any atom is 0.231 e. The second-order valence-electron chi connectivity index (χ2n) is 5.80. The number of rotatable bonds is 2. The van der Waals surface area contributed by atoms with Gasteiger partial charge in [0.15, 0.2) is 0 Å². The number of thioether (sulfide) groups is 1. The Kier molecular flexibility index (Phi) is 3.62. The van der Waals surface area contributed by atoms with Gasteiger partial charge in [0.1, 0.15) is 5.58 Å². The Hall–Kier alpha value is -2.20. The first kappa shape index (κ1) is 14.4. The van der Waals surface area contributed by atoms with Crippen LogP contribution in [0.15, 0.2) is 58.0 Å².